The summed E-state index contributed by atoms with van der Waals surface area (Å²) >= 11 is 0. The van der Waals surface area contributed by atoms with E-state index >= 15 is 0 Å². The van der Waals surface area contributed by atoms with Crippen LogP contribution in [0.15, 0.2) is 0 Å². The Morgan fingerprint density at radius 2 is 1.55 bits per heavy atom. The van der Waals surface area contributed by atoms with E-state index in [1.165, 1.54) is 0 Å². The molecule has 2 nitrogen and oxygen atoms in total. The summed E-state index contributed by atoms with van der Waals surface area (Å²) in [6.45, 7) is 4.02. The molecule has 1 aliphatic carbocycles. The van der Waals surface area contributed by atoms with Crippen molar-refractivity contribution in [1.82, 2.24) is 4.90 Å². The zero-order valence-electron chi connectivity index (χ0n) is 12.2. The van der Waals surface area contributed by atoms with Crippen LogP contribution < -0.4 is 0 Å². The van der Waals surface area contributed by atoms with Gasteiger partial charge in [-0.25, -0.2) is 0 Å². The molecule has 0 spiro atoms. The summed E-state index contributed by atoms with van der Waals surface area (Å²) in [7, 11) is 0. The third kappa shape index (κ3) is 3.29. The highest BCUT2D eigenvalue weighted by molar-refractivity contribution is 5.79. The molecule has 0 N–H and O–H groups in total. The number of carbonyl (C=O) groups is 1. The molecule has 0 bridgehead atoms. The van der Waals surface area contributed by atoms with Crippen LogP contribution >= 0.6 is 0 Å². The zero-order chi connectivity index (χ0) is 14.9. The van der Waals surface area contributed by atoms with Crippen molar-refractivity contribution in [2.75, 3.05) is 0 Å². The number of hydrogen-bond donors (Lipinski definition) is 0. The van der Waals surface area contributed by atoms with Gasteiger partial charge in [-0.3, -0.25) is 4.79 Å². The Morgan fingerprint density at radius 3 is 2.10 bits per heavy atom. The summed E-state index contributed by atoms with van der Waals surface area (Å²) in [6, 6.07) is 0.329. The van der Waals surface area contributed by atoms with Gasteiger partial charge < -0.3 is 4.90 Å². The zero-order valence-corrected chi connectivity index (χ0v) is 12.2. The van der Waals surface area contributed by atoms with Gasteiger partial charge in [0.05, 0.1) is 5.92 Å². The van der Waals surface area contributed by atoms with E-state index in [0.29, 0.717) is 12.8 Å². The van der Waals surface area contributed by atoms with Crippen LogP contribution in [-0.2, 0) is 4.79 Å². The Morgan fingerprint density at radius 1 is 1.00 bits per heavy atom. The van der Waals surface area contributed by atoms with Crippen molar-refractivity contribution < 1.29 is 18.0 Å². The summed E-state index contributed by atoms with van der Waals surface area (Å²) in [5.41, 5.74) is 0. The number of likely N-dealkylation sites (tertiary alicyclic amines) is 1. The van der Waals surface area contributed by atoms with Gasteiger partial charge in [0.2, 0.25) is 5.91 Å². The Kier molecular flexibility index (Phi) is 4.65. The van der Waals surface area contributed by atoms with E-state index in [4.69, 9.17) is 0 Å². The largest absolute Gasteiger partial charge is 0.391 e. The van der Waals surface area contributed by atoms with Crippen molar-refractivity contribution in [3.05, 3.63) is 0 Å². The topological polar surface area (TPSA) is 20.3 Å². The quantitative estimate of drug-likeness (QED) is 0.711. The maximum atomic E-state index is 12.8. The highest BCUT2D eigenvalue weighted by Crippen LogP contribution is 2.41. The van der Waals surface area contributed by atoms with E-state index in [1.54, 1.807) is 0 Å². The molecule has 0 radical (unpaired) electrons. The van der Waals surface area contributed by atoms with E-state index in [9.17, 15) is 18.0 Å². The number of nitrogens with zero attached hydrogens (tertiary/aromatic N) is 1. The average molecular weight is 291 g/mol. The molecule has 1 saturated carbocycles. The van der Waals surface area contributed by atoms with Crippen LogP contribution in [0.2, 0.25) is 0 Å². The van der Waals surface area contributed by atoms with Gasteiger partial charge in [0.15, 0.2) is 0 Å². The molecule has 0 aromatic rings. The van der Waals surface area contributed by atoms with Gasteiger partial charge in [-0.05, 0) is 52.4 Å². The first-order valence-corrected chi connectivity index (χ1v) is 7.69. The molecule has 0 aromatic heterocycles. The molecule has 1 aliphatic heterocycles. The predicted octanol–water partition coefficient (Wildman–Crippen LogP) is 4.14. The Balaban J connectivity index is 2.04. The maximum absolute atomic E-state index is 12.8. The summed E-state index contributed by atoms with van der Waals surface area (Å²) < 4.78 is 38.5. The van der Waals surface area contributed by atoms with E-state index in [-0.39, 0.29) is 30.8 Å². The minimum absolute atomic E-state index is 0.0156. The van der Waals surface area contributed by atoms with Gasteiger partial charge in [-0.15, -0.1) is 0 Å². The van der Waals surface area contributed by atoms with Crippen molar-refractivity contribution in [1.29, 1.82) is 0 Å². The Labute approximate surface area is 118 Å². The fraction of sp³-hybridized carbons (Fsp3) is 0.933. The number of carbonyl (C=O) groups excluding carboxylic acids is 1. The molecule has 2 rings (SSSR count). The molecule has 1 amide bonds. The number of halogens is 3. The predicted molar refractivity (Wildman–Crippen MR) is 71.1 cm³/mol. The van der Waals surface area contributed by atoms with Gasteiger partial charge in [0.1, 0.15) is 0 Å². The molecule has 0 aromatic carbocycles. The van der Waals surface area contributed by atoms with Crippen molar-refractivity contribution in [2.24, 2.45) is 11.8 Å². The normalized spacial score (nSPS) is 36.0. The summed E-state index contributed by atoms with van der Waals surface area (Å²) in [6.07, 6.45) is 0.159. The third-order valence-corrected chi connectivity index (χ3v) is 4.93. The van der Waals surface area contributed by atoms with Crippen LogP contribution in [-0.4, -0.2) is 29.1 Å². The molecule has 1 heterocycles. The van der Waals surface area contributed by atoms with Crippen molar-refractivity contribution >= 4 is 5.91 Å². The highest BCUT2D eigenvalue weighted by atomic mass is 19.4. The van der Waals surface area contributed by atoms with Gasteiger partial charge in [0, 0.05) is 18.0 Å². The van der Waals surface area contributed by atoms with Crippen LogP contribution in [0.25, 0.3) is 0 Å². The Hall–Kier alpha value is -0.740. The fourth-order valence-corrected chi connectivity index (χ4v) is 3.78. The Bertz CT molecular complexity index is 346. The SMILES string of the molecule is C[C@@H]1CCC[C@H](C)N1C(=O)[C@@H]1CCC[C@@H](C(F)(F)F)C1. The minimum Gasteiger partial charge on any atom is -0.337 e. The summed E-state index contributed by atoms with van der Waals surface area (Å²) in [5.74, 6) is -1.77. The first-order chi connectivity index (χ1) is 9.30. The summed E-state index contributed by atoms with van der Waals surface area (Å²) in [5, 5.41) is 0. The van der Waals surface area contributed by atoms with E-state index in [2.05, 4.69) is 0 Å². The molecule has 1 saturated heterocycles. The molecule has 2 aliphatic rings. The molecular formula is C15H24F3NO. The maximum Gasteiger partial charge on any atom is 0.391 e. The van der Waals surface area contributed by atoms with Gasteiger partial charge >= 0.3 is 6.18 Å². The third-order valence-electron chi connectivity index (χ3n) is 4.93. The first kappa shape index (κ1) is 15.6. The molecule has 5 heteroatoms. The lowest BCUT2D eigenvalue weighted by Crippen LogP contribution is -2.50. The molecular weight excluding hydrogens is 267 g/mol. The number of amides is 1. The fourth-order valence-electron chi connectivity index (χ4n) is 3.78. The van der Waals surface area contributed by atoms with Crippen molar-refractivity contribution in [3.8, 4) is 0 Å². The van der Waals surface area contributed by atoms with Crippen LogP contribution in [0, 0.1) is 11.8 Å². The smallest absolute Gasteiger partial charge is 0.337 e. The number of hydrogen-bond acceptors (Lipinski definition) is 1. The van der Waals surface area contributed by atoms with Crippen molar-refractivity contribution in [2.45, 2.75) is 77.1 Å². The summed E-state index contributed by atoms with van der Waals surface area (Å²) in [4.78, 5) is 14.5. The lowest BCUT2D eigenvalue weighted by Gasteiger charge is -2.42. The number of alkyl halides is 3. The minimum atomic E-state index is -4.15. The first-order valence-electron chi connectivity index (χ1n) is 7.69. The molecule has 0 unspecified atom stereocenters. The van der Waals surface area contributed by atoms with Crippen LogP contribution in [0.4, 0.5) is 13.2 Å². The lowest BCUT2D eigenvalue weighted by atomic mass is 9.79. The van der Waals surface area contributed by atoms with Crippen LogP contribution in [0.1, 0.15) is 58.8 Å². The number of rotatable bonds is 1. The van der Waals surface area contributed by atoms with Crippen molar-refractivity contribution in [3.63, 3.8) is 0 Å². The molecule has 2 fully saturated rings. The van der Waals surface area contributed by atoms with Gasteiger partial charge in [0.25, 0.3) is 0 Å². The second-order valence-corrected chi connectivity index (χ2v) is 6.48. The van der Waals surface area contributed by atoms with Gasteiger partial charge in [-0.2, -0.15) is 13.2 Å². The molecule has 116 valence electrons. The molecule has 4 atom stereocenters. The monoisotopic (exact) mass is 291 g/mol. The second kappa shape index (κ2) is 5.94. The number of piperidine rings is 1. The second-order valence-electron chi connectivity index (χ2n) is 6.48. The lowest BCUT2D eigenvalue weighted by molar-refractivity contribution is -0.187. The standard InChI is InChI=1S/C15H24F3NO/c1-10-5-3-6-11(2)19(10)14(20)12-7-4-8-13(9-12)15(16,17)18/h10-13H,3-9H2,1-2H3/t10-,11+,12-,13-/m1/s1. The van der Waals surface area contributed by atoms with Crippen LogP contribution in [0.5, 0.6) is 0 Å². The van der Waals surface area contributed by atoms with Gasteiger partial charge in [-0.1, -0.05) is 6.42 Å². The average Bonchev–Trinajstić information content (AvgIpc) is 2.37. The van der Waals surface area contributed by atoms with E-state index in [1.807, 2.05) is 18.7 Å². The molecule has 20 heavy (non-hydrogen) atoms. The van der Waals surface area contributed by atoms with Crippen LogP contribution in [0.3, 0.4) is 0 Å². The van der Waals surface area contributed by atoms with E-state index in [0.717, 1.165) is 19.3 Å². The highest BCUT2D eigenvalue weighted by Gasteiger charge is 2.45. The van der Waals surface area contributed by atoms with E-state index < -0.39 is 18.0 Å².